The highest BCUT2D eigenvalue weighted by molar-refractivity contribution is 5.85. The van der Waals surface area contributed by atoms with E-state index < -0.39 is 11.0 Å². The largest absolute Gasteiger partial charge is 0.391 e. The molecule has 3 N–H and O–H groups in total. The number of aliphatic hydroxyl groups is 1. The monoisotopic (exact) mass is 315 g/mol. The second-order valence-corrected chi connectivity index (χ2v) is 4.85. The van der Waals surface area contributed by atoms with Gasteiger partial charge >= 0.3 is 0 Å². The third-order valence-electron chi connectivity index (χ3n) is 3.40. The Balaban J connectivity index is 0.00000220. The van der Waals surface area contributed by atoms with Gasteiger partial charge < -0.3 is 15.7 Å². The zero-order chi connectivity index (χ0) is 14.5. The lowest BCUT2D eigenvalue weighted by atomic mass is 10.1. The van der Waals surface area contributed by atoms with E-state index >= 15 is 0 Å². The fourth-order valence-electron chi connectivity index (χ4n) is 2.25. The van der Waals surface area contributed by atoms with E-state index in [1.54, 1.807) is 18.2 Å². The van der Waals surface area contributed by atoms with E-state index in [0.29, 0.717) is 25.2 Å². The number of nitro benzene ring substituents is 1. The SMILES string of the molecule is Cl.O=C(Cc1ccccc1[N+](=O)[O-])NCC1CNCC1O. The van der Waals surface area contributed by atoms with Crippen molar-refractivity contribution in [3.63, 3.8) is 0 Å². The summed E-state index contributed by atoms with van der Waals surface area (Å²) in [5.41, 5.74) is 0.338. The summed E-state index contributed by atoms with van der Waals surface area (Å²) in [5.74, 6) is -0.289. The lowest BCUT2D eigenvalue weighted by Crippen LogP contribution is -2.35. The maximum atomic E-state index is 11.8. The number of nitrogens with one attached hydrogen (secondary N) is 2. The second-order valence-electron chi connectivity index (χ2n) is 4.85. The molecule has 1 amide bonds. The molecule has 2 unspecified atom stereocenters. The highest BCUT2D eigenvalue weighted by Gasteiger charge is 2.25. The summed E-state index contributed by atoms with van der Waals surface area (Å²) >= 11 is 0. The molecule has 21 heavy (non-hydrogen) atoms. The van der Waals surface area contributed by atoms with Crippen molar-refractivity contribution in [2.24, 2.45) is 5.92 Å². The van der Waals surface area contributed by atoms with E-state index in [0.717, 1.165) is 0 Å². The van der Waals surface area contributed by atoms with E-state index in [1.165, 1.54) is 6.07 Å². The number of nitrogens with zero attached hydrogens (tertiary/aromatic N) is 1. The van der Waals surface area contributed by atoms with Crippen molar-refractivity contribution in [1.29, 1.82) is 0 Å². The molecule has 7 nitrogen and oxygen atoms in total. The van der Waals surface area contributed by atoms with Crippen molar-refractivity contribution in [1.82, 2.24) is 10.6 Å². The first kappa shape index (κ1) is 17.4. The summed E-state index contributed by atoms with van der Waals surface area (Å²) < 4.78 is 0. The van der Waals surface area contributed by atoms with Gasteiger partial charge in [0.15, 0.2) is 0 Å². The number of carbonyl (C=O) groups excluding carboxylic acids is 1. The predicted molar refractivity (Wildman–Crippen MR) is 79.4 cm³/mol. The number of carbonyl (C=O) groups is 1. The van der Waals surface area contributed by atoms with Gasteiger partial charge in [-0.15, -0.1) is 12.4 Å². The van der Waals surface area contributed by atoms with Crippen molar-refractivity contribution < 1.29 is 14.8 Å². The summed E-state index contributed by atoms with van der Waals surface area (Å²) in [5, 5.41) is 26.2. The van der Waals surface area contributed by atoms with Crippen LogP contribution in [0.1, 0.15) is 5.56 Å². The number of benzene rings is 1. The van der Waals surface area contributed by atoms with Gasteiger partial charge in [0.25, 0.3) is 5.69 Å². The van der Waals surface area contributed by atoms with Gasteiger partial charge in [0, 0.05) is 37.2 Å². The van der Waals surface area contributed by atoms with E-state index in [4.69, 9.17) is 0 Å². The zero-order valence-corrected chi connectivity index (χ0v) is 12.1. The van der Waals surface area contributed by atoms with Crippen molar-refractivity contribution >= 4 is 24.0 Å². The molecule has 2 atom stereocenters. The van der Waals surface area contributed by atoms with Crippen LogP contribution in [0.2, 0.25) is 0 Å². The first-order chi connectivity index (χ1) is 9.58. The number of rotatable bonds is 5. The molecule has 1 heterocycles. The third kappa shape index (κ3) is 4.66. The number of para-hydroxylation sites is 1. The third-order valence-corrected chi connectivity index (χ3v) is 3.40. The lowest BCUT2D eigenvalue weighted by molar-refractivity contribution is -0.385. The molecule has 1 fully saturated rings. The van der Waals surface area contributed by atoms with Crippen molar-refractivity contribution in [2.75, 3.05) is 19.6 Å². The Morgan fingerprint density at radius 3 is 2.76 bits per heavy atom. The average Bonchev–Trinajstić information content (AvgIpc) is 2.82. The number of hydrogen-bond donors (Lipinski definition) is 3. The molecule has 0 saturated carbocycles. The van der Waals surface area contributed by atoms with Gasteiger partial charge in [0.1, 0.15) is 0 Å². The topological polar surface area (TPSA) is 104 Å². The molecule has 1 saturated heterocycles. The summed E-state index contributed by atoms with van der Waals surface area (Å²) in [6, 6.07) is 6.19. The standard InChI is InChI=1S/C13H17N3O4.ClH/c17-12-8-14-6-10(12)7-15-13(18)5-9-3-1-2-4-11(9)16(19)20;/h1-4,10,12,14,17H,5-8H2,(H,15,18);1H. The molecule has 0 spiro atoms. The Bertz CT molecular complexity index is 512. The van der Waals surface area contributed by atoms with Gasteiger partial charge in [-0.05, 0) is 0 Å². The zero-order valence-electron chi connectivity index (χ0n) is 11.3. The summed E-state index contributed by atoms with van der Waals surface area (Å²) in [6.07, 6.45) is -0.491. The van der Waals surface area contributed by atoms with E-state index in [1.807, 2.05) is 0 Å². The Hall–Kier alpha value is -1.70. The van der Waals surface area contributed by atoms with Gasteiger partial charge in [-0.3, -0.25) is 14.9 Å². The summed E-state index contributed by atoms with van der Waals surface area (Å²) in [6.45, 7) is 1.56. The smallest absolute Gasteiger partial charge is 0.273 e. The van der Waals surface area contributed by atoms with Crippen molar-refractivity contribution in [3.8, 4) is 0 Å². The minimum atomic E-state index is -0.493. The number of aliphatic hydroxyl groups excluding tert-OH is 1. The van der Waals surface area contributed by atoms with Gasteiger partial charge in [-0.1, -0.05) is 18.2 Å². The number of hydrogen-bond acceptors (Lipinski definition) is 5. The number of β-amino-alcohol motifs (C(OH)–C–C–N with tert-alkyl or cyclic N) is 1. The van der Waals surface area contributed by atoms with Crippen LogP contribution in [-0.2, 0) is 11.2 Å². The molecule has 116 valence electrons. The molecule has 0 radical (unpaired) electrons. The number of nitro groups is 1. The predicted octanol–water partition coefficient (Wildman–Crippen LogP) is 0.256. The molecule has 0 aromatic heterocycles. The van der Waals surface area contributed by atoms with Crippen molar-refractivity contribution in [2.45, 2.75) is 12.5 Å². The Morgan fingerprint density at radius 1 is 1.43 bits per heavy atom. The van der Waals surface area contributed by atoms with Crippen LogP contribution in [-0.4, -0.2) is 41.7 Å². The van der Waals surface area contributed by atoms with Crippen LogP contribution in [0, 0.1) is 16.0 Å². The second kappa shape index (κ2) is 7.92. The molecular formula is C13H18ClN3O4. The Morgan fingerprint density at radius 2 is 2.14 bits per heavy atom. The maximum Gasteiger partial charge on any atom is 0.273 e. The fourth-order valence-corrected chi connectivity index (χ4v) is 2.25. The van der Waals surface area contributed by atoms with E-state index in [-0.39, 0.29) is 36.3 Å². The summed E-state index contributed by atoms with van der Waals surface area (Å²) in [7, 11) is 0. The molecule has 1 aliphatic rings. The molecule has 2 rings (SSSR count). The van der Waals surface area contributed by atoms with Crippen LogP contribution in [0.15, 0.2) is 24.3 Å². The highest BCUT2D eigenvalue weighted by Crippen LogP contribution is 2.18. The fraction of sp³-hybridized carbons (Fsp3) is 0.462. The van der Waals surface area contributed by atoms with Gasteiger partial charge in [0.2, 0.25) is 5.91 Å². The number of amides is 1. The Labute approximate surface area is 128 Å². The first-order valence-corrected chi connectivity index (χ1v) is 6.45. The van der Waals surface area contributed by atoms with Crippen molar-refractivity contribution in [3.05, 3.63) is 39.9 Å². The Kier molecular flexibility index (Phi) is 6.54. The van der Waals surface area contributed by atoms with Crippen LogP contribution < -0.4 is 10.6 Å². The maximum absolute atomic E-state index is 11.8. The quantitative estimate of drug-likeness (QED) is 0.534. The first-order valence-electron chi connectivity index (χ1n) is 6.45. The van der Waals surface area contributed by atoms with Crippen LogP contribution in [0.5, 0.6) is 0 Å². The lowest BCUT2D eigenvalue weighted by Gasteiger charge is -2.14. The summed E-state index contributed by atoms with van der Waals surface area (Å²) in [4.78, 5) is 22.2. The van der Waals surface area contributed by atoms with E-state index in [9.17, 15) is 20.0 Å². The average molecular weight is 316 g/mol. The molecule has 1 aliphatic heterocycles. The van der Waals surface area contributed by atoms with Gasteiger partial charge in [-0.2, -0.15) is 0 Å². The minimum Gasteiger partial charge on any atom is -0.391 e. The van der Waals surface area contributed by atoms with Crippen LogP contribution in [0.4, 0.5) is 5.69 Å². The minimum absolute atomic E-state index is 0. The molecule has 1 aromatic carbocycles. The van der Waals surface area contributed by atoms with Crippen LogP contribution in [0.3, 0.4) is 0 Å². The van der Waals surface area contributed by atoms with Crippen LogP contribution >= 0.6 is 12.4 Å². The van der Waals surface area contributed by atoms with Gasteiger partial charge in [-0.25, -0.2) is 0 Å². The van der Waals surface area contributed by atoms with Crippen LogP contribution in [0.25, 0.3) is 0 Å². The molecule has 0 aliphatic carbocycles. The number of halogens is 1. The molecule has 0 bridgehead atoms. The molecule has 1 aromatic rings. The van der Waals surface area contributed by atoms with E-state index in [2.05, 4.69) is 10.6 Å². The normalized spacial score (nSPS) is 20.6. The molecular weight excluding hydrogens is 298 g/mol. The van der Waals surface area contributed by atoms with Gasteiger partial charge in [0.05, 0.1) is 17.4 Å². The molecule has 8 heteroatoms. The highest BCUT2D eigenvalue weighted by atomic mass is 35.5.